The average Bonchev–Trinajstić information content (AvgIpc) is 3.53. The molecule has 0 bridgehead atoms. The molecule has 0 atom stereocenters. The second-order valence-electron chi connectivity index (χ2n) is 8.03. The van der Waals surface area contributed by atoms with Crippen molar-refractivity contribution in [1.82, 2.24) is 9.55 Å². The van der Waals surface area contributed by atoms with E-state index in [1.165, 1.54) is 12.1 Å². The number of rotatable bonds is 5. The Bertz CT molecular complexity index is 1270. The van der Waals surface area contributed by atoms with Crippen LogP contribution in [0.5, 0.6) is 0 Å². The maximum absolute atomic E-state index is 13.4. The summed E-state index contributed by atoms with van der Waals surface area (Å²) in [5.74, 6) is -0.738. The molecule has 4 nitrogen and oxygen atoms in total. The number of hydrogen-bond acceptors (Lipinski definition) is 2. The zero-order valence-electron chi connectivity index (χ0n) is 16.6. The molecule has 4 aromatic rings. The van der Waals surface area contributed by atoms with E-state index in [2.05, 4.69) is 11.1 Å². The van der Waals surface area contributed by atoms with Crippen LogP contribution in [0.4, 0.5) is 4.39 Å². The Morgan fingerprint density at radius 1 is 1.17 bits per heavy atom. The topological polar surface area (TPSA) is 55.1 Å². The van der Waals surface area contributed by atoms with Gasteiger partial charge in [0.1, 0.15) is 5.82 Å². The molecule has 1 aliphatic rings. The predicted octanol–water partition coefficient (Wildman–Crippen LogP) is 5.55. The molecule has 2 aromatic carbocycles. The number of carboxylic acids is 1. The van der Waals surface area contributed by atoms with Crippen molar-refractivity contribution in [3.05, 3.63) is 89.1 Å². The average molecular weight is 400 g/mol. The van der Waals surface area contributed by atoms with Crippen molar-refractivity contribution in [1.29, 1.82) is 0 Å². The molecule has 0 amide bonds. The Hall–Kier alpha value is -3.47. The van der Waals surface area contributed by atoms with Gasteiger partial charge in [0.2, 0.25) is 0 Å². The summed E-state index contributed by atoms with van der Waals surface area (Å²) >= 11 is 0. The van der Waals surface area contributed by atoms with Gasteiger partial charge in [-0.15, -0.1) is 0 Å². The molecule has 2 aromatic heterocycles. The number of hydrogen-bond donors (Lipinski definition) is 1. The molecule has 0 saturated heterocycles. The van der Waals surface area contributed by atoms with Crippen LogP contribution in [0.3, 0.4) is 0 Å². The smallest absolute Gasteiger partial charge is 0.337 e. The number of aromatic nitrogens is 2. The molecule has 30 heavy (non-hydrogen) atoms. The van der Waals surface area contributed by atoms with Crippen LogP contribution in [0.15, 0.2) is 60.9 Å². The van der Waals surface area contributed by atoms with Crippen LogP contribution in [0.1, 0.15) is 45.9 Å². The molecule has 1 aliphatic carbocycles. The van der Waals surface area contributed by atoms with Crippen molar-refractivity contribution >= 4 is 16.9 Å². The van der Waals surface area contributed by atoms with Crippen molar-refractivity contribution in [2.24, 2.45) is 7.05 Å². The quantitative estimate of drug-likeness (QED) is 0.478. The Labute approximate surface area is 173 Å². The van der Waals surface area contributed by atoms with Crippen molar-refractivity contribution < 1.29 is 14.3 Å². The number of carboxylic acid groups (broad SMARTS) is 1. The van der Waals surface area contributed by atoms with Crippen LogP contribution in [-0.2, 0) is 13.5 Å². The lowest BCUT2D eigenvalue weighted by atomic mass is 9.99. The second kappa shape index (κ2) is 7.10. The van der Waals surface area contributed by atoms with Gasteiger partial charge in [0.05, 0.1) is 11.3 Å². The van der Waals surface area contributed by atoms with Gasteiger partial charge in [-0.3, -0.25) is 4.98 Å². The van der Waals surface area contributed by atoms with E-state index in [9.17, 15) is 14.3 Å². The van der Waals surface area contributed by atoms with Gasteiger partial charge in [-0.2, -0.15) is 0 Å². The number of pyridine rings is 1. The van der Waals surface area contributed by atoms with Crippen molar-refractivity contribution in [2.45, 2.75) is 25.2 Å². The maximum Gasteiger partial charge on any atom is 0.337 e. The largest absolute Gasteiger partial charge is 0.478 e. The maximum atomic E-state index is 13.4. The number of fused-ring (bicyclic) bond motifs is 1. The molecule has 1 N–H and O–H groups in total. The van der Waals surface area contributed by atoms with E-state index in [1.807, 2.05) is 36.1 Å². The summed E-state index contributed by atoms with van der Waals surface area (Å²) in [6.07, 6.45) is 6.52. The highest BCUT2D eigenvalue weighted by Crippen LogP contribution is 2.40. The molecular weight excluding hydrogens is 379 g/mol. The number of carbonyl (C=O) groups is 1. The molecule has 150 valence electrons. The van der Waals surface area contributed by atoms with E-state index >= 15 is 0 Å². The number of aromatic carboxylic acids is 1. The fourth-order valence-electron chi connectivity index (χ4n) is 4.08. The number of aryl methyl sites for hydroxylation is 1. The Morgan fingerprint density at radius 3 is 2.63 bits per heavy atom. The van der Waals surface area contributed by atoms with Gasteiger partial charge < -0.3 is 9.67 Å². The van der Waals surface area contributed by atoms with Crippen LogP contribution >= 0.6 is 0 Å². The summed E-state index contributed by atoms with van der Waals surface area (Å²) < 4.78 is 15.4. The first-order chi connectivity index (χ1) is 14.5. The molecule has 0 unspecified atom stereocenters. The lowest BCUT2D eigenvalue weighted by Crippen LogP contribution is -2.07. The van der Waals surface area contributed by atoms with Gasteiger partial charge in [-0.25, -0.2) is 9.18 Å². The number of halogens is 1. The molecule has 5 rings (SSSR count). The normalized spacial score (nSPS) is 13.7. The molecule has 1 fully saturated rings. The van der Waals surface area contributed by atoms with Gasteiger partial charge in [-0.05, 0) is 65.8 Å². The van der Waals surface area contributed by atoms with Gasteiger partial charge in [0.25, 0.3) is 0 Å². The summed E-state index contributed by atoms with van der Waals surface area (Å²) in [4.78, 5) is 16.3. The third kappa shape index (κ3) is 3.36. The highest BCUT2D eigenvalue weighted by atomic mass is 19.1. The summed E-state index contributed by atoms with van der Waals surface area (Å²) in [7, 11) is 1.98. The molecule has 0 aliphatic heterocycles. The zero-order chi connectivity index (χ0) is 20.8. The van der Waals surface area contributed by atoms with E-state index in [-0.39, 0.29) is 11.4 Å². The predicted molar refractivity (Wildman–Crippen MR) is 114 cm³/mol. The third-order valence-corrected chi connectivity index (χ3v) is 5.85. The minimum Gasteiger partial charge on any atom is -0.478 e. The first-order valence-corrected chi connectivity index (χ1v) is 10.1. The third-order valence-electron chi connectivity index (χ3n) is 5.85. The van der Waals surface area contributed by atoms with Crippen molar-refractivity contribution in [2.75, 3.05) is 0 Å². The molecular formula is C25H21FN2O2. The van der Waals surface area contributed by atoms with Gasteiger partial charge in [0, 0.05) is 42.3 Å². The number of benzene rings is 2. The molecule has 1 saturated carbocycles. The van der Waals surface area contributed by atoms with E-state index in [0.29, 0.717) is 18.0 Å². The monoisotopic (exact) mass is 400 g/mol. The Morgan fingerprint density at radius 2 is 1.93 bits per heavy atom. The summed E-state index contributed by atoms with van der Waals surface area (Å²) in [6.45, 7) is 0. The fourth-order valence-corrected chi connectivity index (χ4v) is 4.08. The first kappa shape index (κ1) is 18.6. The lowest BCUT2D eigenvalue weighted by Gasteiger charge is -2.09. The van der Waals surface area contributed by atoms with E-state index in [1.54, 1.807) is 18.2 Å². The van der Waals surface area contributed by atoms with Crippen LogP contribution in [0.2, 0.25) is 0 Å². The van der Waals surface area contributed by atoms with Gasteiger partial charge in [0.15, 0.2) is 0 Å². The van der Waals surface area contributed by atoms with Crippen molar-refractivity contribution in [3.63, 3.8) is 0 Å². The van der Waals surface area contributed by atoms with Crippen LogP contribution in [0.25, 0.3) is 22.0 Å². The standard InChI is InChI=1S/C25H21FN2O2/c1-28-14-22(17-5-7-19(26)8-6-17)20-10-15(2-9-24(20)28)11-23-21(25(29)30)12-18(13-27-23)16-3-4-16/h2,5-10,12-14,16H,3-4,11H2,1H3,(H,29,30). The highest BCUT2D eigenvalue weighted by Gasteiger charge is 2.26. The summed E-state index contributed by atoms with van der Waals surface area (Å²) in [6, 6.07) is 14.4. The second-order valence-corrected chi connectivity index (χ2v) is 8.03. The molecule has 0 radical (unpaired) electrons. The molecule has 0 spiro atoms. The fraction of sp³-hybridized carbons (Fsp3) is 0.200. The van der Waals surface area contributed by atoms with Gasteiger partial charge >= 0.3 is 5.97 Å². The van der Waals surface area contributed by atoms with Crippen LogP contribution in [0, 0.1) is 5.82 Å². The van der Waals surface area contributed by atoms with Crippen molar-refractivity contribution in [3.8, 4) is 11.1 Å². The van der Waals surface area contributed by atoms with E-state index in [0.717, 1.165) is 46.0 Å². The highest BCUT2D eigenvalue weighted by molar-refractivity contribution is 5.96. The summed E-state index contributed by atoms with van der Waals surface area (Å²) in [5, 5.41) is 10.7. The van der Waals surface area contributed by atoms with Crippen LogP contribution in [-0.4, -0.2) is 20.6 Å². The van der Waals surface area contributed by atoms with E-state index in [4.69, 9.17) is 0 Å². The SMILES string of the molecule is Cn1cc(-c2ccc(F)cc2)c2cc(Cc3ncc(C4CC4)cc3C(=O)O)ccc21. The lowest BCUT2D eigenvalue weighted by molar-refractivity contribution is 0.0695. The Balaban J connectivity index is 1.55. The molecule has 5 heteroatoms. The number of nitrogens with zero attached hydrogens (tertiary/aromatic N) is 2. The minimum atomic E-state index is -0.937. The summed E-state index contributed by atoms with van der Waals surface area (Å²) in [5.41, 5.74) is 5.90. The van der Waals surface area contributed by atoms with E-state index < -0.39 is 5.97 Å². The molecule has 2 heterocycles. The first-order valence-electron chi connectivity index (χ1n) is 10.1. The zero-order valence-corrected chi connectivity index (χ0v) is 16.6. The minimum absolute atomic E-state index is 0.262. The van der Waals surface area contributed by atoms with Gasteiger partial charge in [-0.1, -0.05) is 18.2 Å². The van der Waals surface area contributed by atoms with Crippen LogP contribution < -0.4 is 0 Å². The Kier molecular flexibility index (Phi) is 4.39.